The van der Waals surface area contributed by atoms with E-state index in [-0.39, 0.29) is 0 Å². The van der Waals surface area contributed by atoms with Crippen LogP contribution in [-0.2, 0) is 0 Å². The second-order valence-electron chi connectivity index (χ2n) is 3.69. The lowest BCUT2D eigenvalue weighted by Crippen LogP contribution is -1.90. The third kappa shape index (κ3) is 2.96. The molecule has 1 aromatic heterocycles. The predicted molar refractivity (Wildman–Crippen MR) is 72.7 cm³/mol. The maximum atomic E-state index is 9.07. The number of anilines is 1. The van der Waals surface area contributed by atoms with Gasteiger partial charge in [0.1, 0.15) is 6.07 Å². The molecule has 0 aliphatic rings. The minimum Gasteiger partial charge on any atom is -0.360 e. The SMILES string of the molecule is Cc1ccc(NC=C(C#N)c2ccsc2)cc1. The molecule has 1 N–H and O–H groups in total. The number of benzene rings is 1. The van der Waals surface area contributed by atoms with Crippen molar-refractivity contribution in [2.24, 2.45) is 0 Å². The summed E-state index contributed by atoms with van der Waals surface area (Å²) in [5, 5.41) is 16.1. The fraction of sp³-hybridized carbons (Fsp3) is 0.0714. The minimum absolute atomic E-state index is 0.645. The maximum absolute atomic E-state index is 9.07. The van der Waals surface area contributed by atoms with Gasteiger partial charge in [0, 0.05) is 17.5 Å². The lowest BCUT2D eigenvalue weighted by atomic mass is 10.2. The molecule has 3 heteroatoms. The highest BCUT2D eigenvalue weighted by atomic mass is 32.1. The van der Waals surface area contributed by atoms with Gasteiger partial charge in [0.05, 0.1) is 5.57 Å². The molecule has 2 aromatic rings. The third-order valence-electron chi connectivity index (χ3n) is 2.39. The molecule has 0 aliphatic carbocycles. The maximum Gasteiger partial charge on any atom is 0.101 e. The average molecular weight is 240 g/mol. The molecular weight excluding hydrogens is 228 g/mol. The molecule has 0 radical (unpaired) electrons. The van der Waals surface area contributed by atoms with Crippen LogP contribution in [0.15, 0.2) is 47.3 Å². The van der Waals surface area contributed by atoms with Crippen molar-refractivity contribution in [3.63, 3.8) is 0 Å². The fourth-order valence-electron chi connectivity index (χ4n) is 1.40. The van der Waals surface area contributed by atoms with E-state index >= 15 is 0 Å². The summed E-state index contributed by atoms with van der Waals surface area (Å²) in [6.45, 7) is 2.05. The molecular formula is C14H12N2S. The molecule has 2 nitrogen and oxygen atoms in total. The van der Waals surface area contributed by atoms with Crippen molar-refractivity contribution in [1.82, 2.24) is 0 Å². The molecule has 0 fully saturated rings. The van der Waals surface area contributed by atoms with Gasteiger partial charge in [-0.3, -0.25) is 0 Å². The fourth-order valence-corrected chi connectivity index (χ4v) is 2.06. The summed E-state index contributed by atoms with van der Waals surface area (Å²) in [6.07, 6.45) is 1.74. The van der Waals surface area contributed by atoms with Crippen molar-refractivity contribution in [2.75, 3.05) is 5.32 Å². The molecule has 1 heterocycles. The van der Waals surface area contributed by atoms with Crippen LogP contribution in [0.25, 0.3) is 5.57 Å². The molecule has 0 bridgehead atoms. The molecule has 0 aliphatic heterocycles. The Kier molecular flexibility index (Phi) is 3.59. The normalized spacial score (nSPS) is 10.9. The first-order chi connectivity index (χ1) is 8.29. The zero-order valence-electron chi connectivity index (χ0n) is 9.47. The number of thiophene rings is 1. The quantitative estimate of drug-likeness (QED) is 0.822. The van der Waals surface area contributed by atoms with Crippen LogP contribution in [0, 0.1) is 18.3 Å². The average Bonchev–Trinajstić information content (AvgIpc) is 2.86. The number of hydrogen-bond donors (Lipinski definition) is 1. The van der Waals surface area contributed by atoms with Gasteiger partial charge in [-0.05, 0) is 35.9 Å². The van der Waals surface area contributed by atoms with E-state index in [1.165, 1.54) is 5.56 Å². The molecule has 0 unspecified atom stereocenters. The zero-order chi connectivity index (χ0) is 12.1. The summed E-state index contributed by atoms with van der Waals surface area (Å²) in [6, 6.07) is 12.2. The van der Waals surface area contributed by atoms with Crippen molar-refractivity contribution < 1.29 is 0 Å². The first kappa shape index (κ1) is 11.4. The van der Waals surface area contributed by atoms with E-state index in [4.69, 9.17) is 5.26 Å². The highest BCUT2D eigenvalue weighted by Crippen LogP contribution is 2.17. The Morgan fingerprint density at radius 3 is 2.65 bits per heavy atom. The van der Waals surface area contributed by atoms with Gasteiger partial charge in [0.15, 0.2) is 0 Å². The zero-order valence-corrected chi connectivity index (χ0v) is 10.3. The predicted octanol–water partition coefficient (Wildman–Crippen LogP) is 4.03. The van der Waals surface area contributed by atoms with Crippen LogP contribution in [0.5, 0.6) is 0 Å². The molecule has 2 rings (SSSR count). The number of hydrogen-bond acceptors (Lipinski definition) is 3. The van der Waals surface area contributed by atoms with Crippen molar-refractivity contribution in [3.8, 4) is 6.07 Å². The smallest absolute Gasteiger partial charge is 0.101 e. The van der Waals surface area contributed by atoms with Crippen LogP contribution >= 0.6 is 11.3 Å². The second kappa shape index (κ2) is 5.33. The van der Waals surface area contributed by atoms with E-state index < -0.39 is 0 Å². The lowest BCUT2D eigenvalue weighted by molar-refractivity contribution is 1.46. The van der Waals surface area contributed by atoms with Gasteiger partial charge in [-0.2, -0.15) is 16.6 Å². The Hall–Kier alpha value is -2.05. The first-order valence-corrected chi connectivity index (χ1v) is 6.20. The molecule has 0 spiro atoms. The Balaban J connectivity index is 2.14. The summed E-state index contributed by atoms with van der Waals surface area (Å²) in [5.74, 6) is 0. The number of nitrogens with one attached hydrogen (secondary N) is 1. The van der Waals surface area contributed by atoms with Crippen LogP contribution in [0.4, 0.5) is 5.69 Å². The van der Waals surface area contributed by atoms with Gasteiger partial charge in [0.2, 0.25) is 0 Å². The lowest BCUT2D eigenvalue weighted by Gasteiger charge is -2.02. The molecule has 0 saturated carbocycles. The van der Waals surface area contributed by atoms with E-state index in [1.807, 2.05) is 48.0 Å². The van der Waals surface area contributed by atoms with Gasteiger partial charge >= 0.3 is 0 Å². The van der Waals surface area contributed by atoms with Gasteiger partial charge in [0.25, 0.3) is 0 Å². The summed E-state index contributed by atoms with van der Waals surface area (Å²) >= 11 is 1.59. The van der Waals surface area contributed by atoms with Crippen LogP contribution < -0.4 is 5.32 Å². The van der Waals surface area contributed by atoms with Gasteiger partial charge in [-0.25, -0.2) is 0 Å². The van der Waals surface area contributed by atoms with E-state index in [1.54, 1.807) is 17.5 Å². The third-order valence-corrected chi connectivity index (χ3v) is 3.07. The van der Waals surface area contributed by atoms with Crippen molar-refractivity contribution in [3.05, 3.63) is 58.4 Å². The van der Waals surface area contributed by atoms with E-state index in [0.717, 1.165) is 11.3 Å². The van der Waals surface area contributed by atoms with Crippen molar-refractivity contribution in [1.29, 1.82) is 5.26 Å². The summed E-state index contributed by atoms with van der Waals surface area (Å²) < 4.78 is 0. The van der Waals surface area contributed by atoms with Crippen LogP contribution in [0.2, 0.25) is 0 Å². The Morgan fingerprint density at radius 2 is 2.06 bits per heavy atom. The van der Waals surface area contributed by atoms with Crippen LogP contribution in [0.3, 0.4) is 0 Å². The van der Waals surface area contributed by atoms with Crippen molar-refractivity contribution >= 4 is 22.6 Å². The van der Waals surface area contributed by atoms with Gasteiger partial charge in [-0.1, -0.05) is 17.7 Å². The van der Waals surface area contributed by atoms with E-state index in [9.17, 15) is 0 Å². The minimum atomic E-state index is 0.645. The number of nitriles is 1. The van der Waals surface area contributed by atoms with Crippen LogP contribution in [0.1, 0.15) is 11.1 Å². The van der Waals surface area contributed by atoms with Gasteiger partial charge < -0.3 is 5.32 Å². The van der Waals surface area contributed by atoms with Gasteiger partial charge in [-0.15, -0.1) is 0 Å². The number of rotatable bonds is 3. The summed E-state index contributed by atoms with van der Waals surface area (Å²) in [4.78, 5) is 0. The van der Waals surface area contributed by atoms with E-state index in [0.29, 0.717) is 5.57 Å². The Bertz CT molecular complexity index is 545. The Morgan fingerprint density at radius 1 is 1.29 bits per heavy atom. The molecule has 0 saturated heterocycles. The van der Waals surface area contributed by atoms with E-state index in [2.05, 4.69) is 11.4 Å². The number of allylic oxidation sites excluding steroid dienone is 1. The first-order valence-electron chi connectivity index (χ1n) is 5.25. The second-order valence-corrected chi connectivity index (χ2v) is 4.47. The number of aryl methyl sites for hydroxylation is 1. The summed E-state index contributed by atoms with van der Waals surface area (Å²) in [5.41, 5.74) is 3.81. The topological polar surface area (TPSA) is 35.8 Å². The molecule has 0 atom stereocenters. The highest BCUT2D eigenvalue weighted by Gasteiger charge is 1.99. The molecule has 17 heavy (non-hydrogen) atoms. The molecule has 84 valence electrons. The number of nitrogens with zero attached hydrogens (tertiary/aromatic N) is 1. The highest BCUT2D eigenvalue weighted by molar-refractivity contribution is 7.08. The standard InChI is InChI=1S/C14H12N2S/c1-11-2-4-14(5-3-11)16-9-13(8-15)12-6-7-17-10-12/h2-7,9-10,16H,1H3. The monoisotopic (exact) mass is 240 g/mol. The molecule has 0 amide bonds. The Labute approximate surface area is 105 Å². The van der Waals surface area contributed by atoms with Crippen LogP contribution in [-0.4, -0.2) is 0 Å². The molecule has 1 aromatic carbocycles. The largest absolute Gasteiger partial charge is 0.360 e. The van der Waals surface area contributed by atoms with Crippen molar-refractivity contribution in [2.45, 2.75) is 6.92 Å². The summed E-state index contributed by atoms with van der Waals surface area (Å²) in [7, 11) is 0.